The van der Waals surface area contributed by atoms with Crippen molar-refractivity contribution in [3.05, 3.63) is 0 Å². The fourth-order valence-electron chi connectivity index (χ4n) is 1.85. The minimum absolute atomic E-state index is 0.0676. The van der Waals surface area contributed by atoms with Crippen LogP contribution in [0.4, 0.5) is 4.79 Å². The molecule has 2 N–H and O–H groups in total. The zero-order valence-electron chi connectivity index (χ0n) is 14.8. The molecule has 0 aromatic rings. The van der Waals surface area contributed by atoms with E-state index >= 15 is 0 Å². The second-order valence-corrected chi connectivity index (χ2v) is 6.34. The second kappa shape index (κ2) is 11.3. The summed E-state index contributed by atoms with van der Waals surface area (Å²) in [6.07, 6.45) is 2.84. The average molecular weight is 315 g/mol. The van der Waals surface area contributed by atoms with Crippen LogP contribution in [-0.2, 0) is 9.53 Å². The highest BCUT2D eigenvalue weighted by atomic mass is 16.6. The molecule has 0 rings (SSSR count). The first kappa shape index (κ1) is 20.7. The van der Waals surface area contributed by atoms with Gasteiger partial charge >= 0.3 is 6.09 Å². The number of hydrogen-bond donors (Lipinski definition) is 2. The third-order valence-corrected chi connectivity index (χ3v) is 3.00. The zero-order chi connectivity index (χ0) is 17.0. The van der Waals surface area contributed by atoms with Crippen molar-refractivity contribution < 1.29 is 14.3 Å². The quantitative estimate of drug-likeness (QED) is 0.606. The Kier molecular flexibility index (Phi) is 10.6. The molecule has 0 bridgehead atoms. The van der Waals surface area contributed by atoms with Crippen LogP contribution in [0.2, 0.25) is 0 Å². The van der Waals surface area contributed by atoms with Crippen LogP contribution in [0.5, 0.6) is 0 Å². The van der Waals surface area contributed by atoms with E-state index in [1.807, 2.05) is 34.7 Å². The van der Waals surface area contributed by atoms with E-state index in [1.54, 1.807) is 4.90 Å². The molecular formula is C16H33N3O3. The Bertz CT molecular complexity index is 327. The molecule has 0 aromatic carbocycles. The molecule has 0 atom stereocenters. The fraction of sp³-hybridized carbons (Fsp3) is 0.875. The molecule has 0 radical (unpaired) electrons. The van der Waals surface area contributed by atoms with Crippen molar-refractivity contribution in [3.63, 3.8) is 0 Å². The number of unbranched alkanes of at least 4 members (excludes halogenated alkanes) is 1. The van der Waals surface area contributed by atoms with Crippen LogP contribution in [0.1, 0.15) is 53.4 Å². The van der Waals surface area contributed by atoms with E-state index < -0.39 is 5.60 Å². The number of rotatable bonds is 10. The van der Waals surface area contributed by atoms with Crippen LogP contribution in [0.15, 0.2) is 0 Å². The molecule has 130 valence electrons. The van der Waals surface area contributed by atoms with E-state index in [-0.39, 0.29) is 12.0 Å². The summed E-state index contributed by atoms with van der Waals surface area (Å²) >= 11 is 0. The van der Waals surface area contributed by atoms with Gasteiger partial charge in [0.25, 0.3) is 0 Å². The van der Waals surface area contributed by atoms with Crippen molar-refractivity contribution in [1.29, 1.82) is 0 Å². The Balaban J connectivity index is 4.17. The summed E-state index contributed by atoms with van der Waals surface area (Å²) < 4.78 is 5.44. The predicted molar refractivity (Wildman–Crippen MR) is 88.9 cm³/mol. The molecule has 6 nitrogen and oxygen atoms in total. The minimum Gasteiger partial charge on any atom is -0.444 e. The SMILES string of the molecule is CCC(=O)NCCCCN(CCCNC)C(=O)OC(C)(C)C. The van der Waals surface area contributed by atoms with Gasteiger partial charge in [-0.25, -0.2) is 4.79 Å². The van der Waals surface area contributed by atoms with E-state index in [2.05, 4.69) is 10.6 Å². The molecule has 0 heterocycles. The lowest BCUT2D eigenvalue weighted by Gasteiger charge is -2.27. The van der Waals surface area contributed by atoms with Crippen LogP contribution in [-0.4, -0.2) is 55.7 Å². The zero-order valence-corrected chi connectivity index (χ0v) is 14.8. The lowest BCUT2D eigenvalue weighted by atomic mass is 10.2. The van der Waals surface area contributed by atoms with Gasteiger partial charge in [-0.15, -0.1) is 0 Å². The van der Waals surface area contributed by atoms with E-state index in [0.717, 1.165) is 25.8 Å². The molecular weight excluding hydrogens is 282 g/mol. The number of nitrogens with one attached hydrogen (secondary N) is 2. The van der Waals surface area contributed by atoms with Crippen molar-refractivity contribution in [3.8, 4) is 0 Å². The van der Waals surface area contributed by atoms with Gasteiger partial charge in [-0.2, -0.15) is 0 Å². The van der Waals surface area contributed by atoms with E-state index in [0.29, 0.717) is 26.1 Å². The predicted octanol–water partition coefficient (Wildman–Crippen LogP) is 2.14. The summed E-state index contributed by atoms with van der Waals surface area (Å²) in [4.78, 5) is 25.1. The van der Waals surface area contributed by atoms with Crippen LogP contribution in [0.25, 0.3) is 0 Å². The van der Waals surface area contributed by atoms with Crippen LogP contribution < -0.4 is 10.6 Å². The number of ether oxygens (including phenoxy) is 1. The molecule has 0 spiro atoms. The van der Waals surface area contributed by atoms with Gasteiger partial charge in [0.05, 0.1) is 0 Å². The van der Waals surface area contributed by atoms with Gasteiger partial charge in [0.1, 0.15) is 5.60 Å². The van der Waals surface area contributed by atoms with E-state index in [1.165, 1.54) is 0 Å². The van der Waals surface area contributed by atoms with E-state index in [9.17, 15) is 9.59 Å². The van der Waals surface area contributed by atoms with Gasteiger partial charge in [0.2, 0.25) is 5.91 Å². The van der Waals surface area contributed by atoms with Crippen molar-refractivity contribution in [2.75, 3.05) is 33.2 Å². The van der Waals surface area contributed by atoms with Gasteiger partial charge in [0.15, 0.2) is 0 Å². The van der Waals surface area contributed by atoms with Crippen molar-refractivity contribution in [2.24, 2.45) is 0 Å². The summed E-state index contributed by atoms with van der Waals surface area (Å²) in [5.74, 6) is 0.0676. The number of nitrogens with zero attached hydrogens (tertiary/aromatic N) is 1. The van der Waals surface area contributed by atoms with Gasteiger partial charge < -0.3 is 20.3 Å². The fourth-order valence-corrected chi connectivity index (χ4v) is 1.85. The maximum Gasteiger partial charge on any atom is 0.410 e. The van der Waals surface area contributed by atoms with Gasteiger partial charge in [-0.05, 0) is 53.6 Å². The normalized spacial score (nSPS) is 11.1. The number of amides is 2. The Morgan fingerprint density at radius 2 is 1.68 bits per heavy atom. The molecule has 0 saturated heterocycles. The third kappa shape index (κ3) is 11.4. The molecule has 2 amide bonds. The van der Waals surface area contributed by atoms with Crippen LogP contribution in [0, 0.1) is 0 Å². The van der Waals surface area contributed by atoms with E-state index in [4.69, 9.17) is 4.74 Å². The summed E-state index contributed by atoms with van der Waals surface area (Å²) in [6.45, 7) is 10.3. The highest BCUT2D eigenvalue weighted by Crippen LogP contribution is 2.11. The molecule has 0 aliphatic heterocycles. The van der Waals surface area contributed by atoms with Crippen LogP contribution in [0.3, 0.4) is 0 Å². The largest absolute Gasteiger partial charge is 0.444 e. The minimum atomic E-state index is -0.479. The highest BCUT2D eigenvalue weighted by molar-refractivity contribution is 5.75. The number of carbonyl (C=O) groups excluding carboxylic acids is 2. The maximum absolute atomic E-state index is 12.2. The van der Waals surface area contributed by atoms with Gasteiger partial charge in [-0.3, -0.25) is 4.79 Å². The van der Waals surface area contributed by atoms with Gasteiger partial charge in [0, 0.05) is 26.1 Å². The van der Waals surface area contributed by atoms with Crippen molar-refractivity contribution in [1.82, 2.24) is 15.5 Å². The molecule has 6 heteroatoms. The summed E-state index contributed by atoms with van der Waals surface area (Å²) in [6, 6.07) is 0. The van der Waals surface area contributed by atoms with Gasteiger partial charge in [-0.1, -0.05) is 6.92 Å². The number of hydrogen-bond acceptors (Lipinski definition) is 4. The van der Waals surface area contributed by atoms with Crippen molar-refractivity contribution in [2.45, 2.75) is 59.0 Å². The Hall–Kier alpha value is -1.30. The average Bonchev–Trinajstić information content (AvgIpc) is 2.42. The Morgan fingerprint density at radius 1 is 1.05 bits per heavy atom. The highest BCUT2D eigenvalue weighted by Gasteiger charge is 2.21. The monoisotopic (exact) mass is 315 g/mol. The molecule has 0 unspecified atom stereocenters. The summed E-state index contributed by atoms with van der Waals surface area (Å²) in [5, 5.41) is 5.92. The lowest BCUT2D eigenvalue weighted by Crippen LogP contribution is -2.39. The molecule has 0 fully saturated rings. The molecule has 0 saturated carbocycles. The summed E-state index contributed by atoms with van der Waals surface area (Å²) in [5.41, 5.74) is -0.479. The Labute approximate surface area is 135 Å². The standard InChI is InChI=1S/C16H33N3O3/c1-6-14(20)18-11-7-8-12-19(13-9-10-17-5)15(21)22-16(2,3)4/h17H,6-13H2,1-5H3,(H,18,20). The molecule has 0 aromatic heterocycles. The summed E-state index contributed by atoms with van der Waals surface area (Å²) in [7, 11) is 1.90. The Morgan fingerprint density at radius 3 is 2.23 bits per heavy atom. The second-order valence-electron chi connectivity index (χ2n) is 6.34. The number of carbonyl (C=O) groups is 2. The topological polar surface area (TPSA) is 70.7 Å². The third-order valence-electron chi connectivity index (χ3n) is 3.00. The molecule has 22 heavy (non-hydrogen) atoms. The first-order chi connectivity index (χ1) is 10.3. The van der Waals surface area contributed by atoms with Crippen LogP contribution >= 0.6 is 0 Å². The molecule has 0 aliphatic rings. The van der Waals surface area contributed by atoms with Crippen molar-refractivity contribution >= 4 is 12.0 Å². The molecule has 0 aliphatic carbocycles. The maximum atomic E-state index is 12.2. The first-order valence-electron chi connectivity index (χ1n) is 8.19. The lowest BCUT2D eigenvalue weighted by molar-refractivity contribution is -0.120. The first-order valence-corrected chi connectivity index (χ1v) is 8.19. The smallest absolute Gasteiger partial charge is 0.410 e.